The molecule has 35 heavy (non-hydrogen) atoms. The molecule has 3 atom stereocenters. The third kappa shape index (κ3) is 5.87. The van der Waals surface area contributed by atoms with Gasteiger partial charge in [0.05, 0.1) is 6.04 Å². The number of hydrogen-bond acceptors (Lipinski definition) is 8. The molecule has 1 aromatic heterocycles. The van der Waals surface area contributed by atoms with Crippen LogP contribution in [-0.2, 0) is 17.6 Å². The lowest BCUT2D eigenvalue weighted by Gasteiger charge is -2.24. The van der Waals surface area contributed by atoms with Crippen LogP contribution in [0.25, 0.3) is 0 Å². The minimum Gasteiger partial charge on any atom is -0.508 e. The zero-order chi connectivity index (χ0) is 24.9. The Hall–Kier alpha value is -4.12. The maximum Gasteiger partial charge on any atom is 0.326 e. The number of nitrogens with one attached hydrogen (secondary N) is 1. The molecule has 4 rings (SSSR count). The Morgan fingerprint density at radius 3 is 2.26 bits per heavy atom. The van der Waals surface area contributed by atoms with Crippen LogP contribution in [0.3, 0.4) is 0 Å². The fraction of sp³-hybridized carbons (Fsp3) is 0.333. The Balaban J connectivity index is 1.41. The molecular formula is C24H27N5O6. The highest BCUT2D eigenvalue weighted by atomic mass is 16.5. The van der Waals surface area contributed by atoms with Gasteiger partial charge in [0.1, 0.15) is 23.6 Å². The third-order valence-electron chi connectivity index (χ3n) is 5.95. The Labute approximate surface area is 201 Å². The summed E-state index contributed by atoms with van der Waals surface area (Å²) in [6.07, 6.45) is 1.80. The lowest BCUT2D eigenvalue weighted by atomic mass is 10.1. The summed E-state index contributed by atoms with van der Waals surface area (Å²) in [5.41, 5.74) is 7.80. The maximum absolute atomic E-state index is 13.0. The number of rotatable bonds is 8. The molecule has 1 aliphatic rings. The summed E-state index contributed by atoms with van der Waals surface area (Å²) < 4.78 is 5.42. The number of amides is 2. The lowest BCUT2D eigenvalue weighted by Crippen LogP contribution is -2.48. The number of hydrogen-bond donors (Lipinski definition) is 5. The van der Waals surface area contributed by atoms with E-state index in [4.69, 9.17) is 10.3 Å². The van der Waals surface area contributed by atoms with E-state index in [1.807, 2.05) is 0 Å². The first-order chi connectivity index (χ1) is 16.8. The fourth-order valence-corrected chi connectivity index (χ4v) is 4.08. The smallest absolute Gasteiger partial charge is 0.326 e. The van der Waals surface area contributed by atoms with E-state index in [-0.39, 0.29) is 23.8 Å². The van der Waals surface area contributed by atoms with Crippen LogP contribution in [0.5, 0.6) is 11.5 Å². The number of carbonyl (C=O) groups is 2. The number of aromatic hydroxyl groups is 2. The molecule has 2 amide bonds. The van der Waals surface area contributed by atoms with E-state index in [0.717, 1.165) is 5.56 Å². The standard InChI is InChI=1S/C24H27N5O6/c25-18(12-14-3-7-16(30)8-4-14)21-27-22(35-28-21)20-2-1-11-29(20)24(34)26-19(23(32)33)13-15-5-9-17(31)10-6-15/h3-10,18-20,30-31H,1-2,11-13,25H2,(H,26,34)(H,32,33)/t18-,19-,20-/m0/s1. The van der Waals surface area contributed by atoms with Crippen LogP contribution in [-0.4, -0.2) is 54.9 Å². The van der Waals surface area contributed by atoms with E-state index in [9.17, 15) is 24.9 Å². The number of nitrogens with two attached hydrogens (primary N) is 1. The largest absolute Gasteiger partial charge is 0.508 e. The number of nitrogens with zero attached hydrogens (tertiary/aromatic N) is 3. The van der Waals surface area contributed by atoms with Gasteiger partial charge in [-0.2, -0.15) is 4.98 Å². The molecule has 3 aromatic rings. The molecule has 0 radical (unpaired) electrons. The van der Waals surface area contributed by atoms with Crippen molar-refractivity contribution >= 4 is 12.0 Å². The van der Waals surface area contributed by atoms with Crippen molar-refractivity contribution in [3.05, 3.63) is 71.4 Å². The number of aliphatic carboxylic acids is 1. The van der Waals surface area contributed by atoms with Gasteiger partial charge in [-0.1, -0.05) is 29.4 Å². The number of phenols is 2. The first kappa shape index (κ1) is 24.0. The van der Waals surface area contributed by atoms with E-state index < -0.39 is 30.1 Å². The van der Waals surface area contributed by atoms with Gasteiger partial charge in [0.2, 0.25) is 5.89 Å². The van der Waals surface area contributed by atoms with Crippen molar-refractivity contribution in [3.63, 3.8) is 0 Å². The Kier molecular flexibility index (Phi) is 7.16. The summed E-state index contributed by atoms with van der Waals surface area (Å²) in [6.45, 7) is 0.416. The van der Waals surface area contributed by atoms with Crippen molar-refractivity contribution in [3.8, 4) is 11.5 Å². The Morgan fingerprint density at radius 2 is 1.66 bits per heavy atom. The number of urea groups is 1. The lowest BCUT2D eigenvalue weighted by molar-refractivity contribution is -0.139. The van der Waals surface area contributed by atoms with Gasteiger partial charge in [-0.15, -0.1) is 0 Å². The van der Waals surface area contributed by atoms with E-state index >= 15 is 0 Å². The van der Waals surface area contributed by atoms with E-state index in [1.54, 1.807) is 36.4 Å². The predicted octanol–water partition coefficient (Wildman–Crippen LogP) is 2.27. The van der Waals surface area contributed by atoms with Gasteiger partial charge < -0.3 is 35.8 Å². The maximum atomic E-state index is 13.0. The summed E-state index contributed by atoms with van der Waals surface area (Å²) in [4.78, 5) is 30.7. The fourth-order valence-electron chi connectivity index (χ4n) is 4.08. The van der Waals surface area contributed by atoms with Gasteiger partial charge in [-0.05, 0) is 54.7 Å². The second kappa shape index (κ2) is 10.4. The zero-order valence-corrected chi connectivity index (χ0v) is 18.9. The molecule has 0 unspecified atom stereocenters. The summed E-state index contributed by atoms with van der Waals surface area (Å²) >= 11 is 0. The van der Waals surface area contributed by atoms with Crippen LogP contribution in [0.4, 0.5) is 4.79 Å². The molecule has 0 saturated carbocycles. The molecule has 0 aliphatic carbocycles. The quantitative estimate of drug-likeness (QED) is 0.323. The molecule has 1 fully saturated rings. The van der Waals surface area contributed by atoms with Gasteiger partial charge in [-0.25, -0.2) is 9.59 Å². The molecule has 0 bridgehead atoms. The van der Waals surface area contributed by atoms with Crippen molar-refractivity contribution < 1.29 is 29.4 Å². The Bertz CT molecular complexity index is 1160. The van der Waals surface area contributed by atoms with Crippen LogP contribution in [0.15, 0.2) is 53.1 Å². The Morgan fingerprint density at radius 1 is 1.06 bits per heavy atom. The first-order valence-corrected chi connectivity index (χ1v) is 11.2. The second-order valence-electron chi connectivity index (χ2n) is 8.53. The van der Waals surface area contributed by atoms with Crippen LogP contribution in [0, 0.1) is 0 Å². The number of carboxylic acid groups (broad SMARTS) is 1. The summed E-state index contributed by atoms with van der Waals surface area (Å²) in [5, 5.41) is 35.0. The molecule has 1 aliphatic heterocycles. The first-order valence-electron chi connectivity index (χ1n) is 11.2. The zero-order valence-electron chi connectivity index (χ0n) is 18.9. The number of benzene rings is 2. The van der Waals surface area contributed by atoms with Crippen LogP contribution < -0.4 is 11.1 Å². The molecular weight excluding hydrogens is 454 g/mol. The monoisotopic (exact) mass is 481 g/mol. The normalized spacial score (nSPS) is 17.2. The van der Waals surface area contributed by atoms with E-state index in [2.05, 4.69) is 15.5 Å². The number of carboxylic acids is 1. The third-order valence-corrected chi connectivity index (χ3v) is 5.95. The molecule has 184 valence electrons. The minimum absolute atomic E-state index is 0.0662. The SMILES string of the molecule is N[C@@H](Cc1ccc(O)cc1)c1noc([C@@H]2CCCN2C(=O)N[C@@H](Cc2ccc(O)cc2)C(=O)O)n1. The van der Waals surface area contributed by atoms with E-state index in [0.29, 0.717) is 37.2 Å². The van der Waals surface area contributed by atoms with Crippen molar-refractivity contribution in [2.24, 2.45) is 5.73 Å². The molecule has 11 heteroatoms. The van der Waals surface area contributed by atoms with Gasteiger partial charge in [-0.3, -0.25) is 0 Å². The topological polar surface area (TPSA) is 175 Å². The van der Waals surface area contributed by atoms with Crippen molar-refractivity contribution in [2.45, 2.75) is 43.8 Å². The highest BCUT2D eigenvalue weighted by Crippen LogP contribution is 2.31. The van der Waals surface area contributed by atoms with Crippen molar-refractivity contribution in [1.82, 2.24) is 20.4 Å². The summed E-state index contributed by atoms with van der Waals surface area (Å²) in [5.74, 6) is -0.374. The highest BCUT2D eigenvalue weighted by molar-refractivity contribution is 5.83. The molecule has 2 heterocycles. The molecule has 2 aromatic carbocycles. The molecule has 1 saturated heterocycles. The number of likely N-dealkylation sites (tertiary alicyclic amines) is 1. The number of carbonyl (C=O) groups excluding carboxylic acids is 1. The van der Waals surface area contributed by atoms with Gasteiger partial charge >= 0.3 is 12.0 Å². The highest BCUT2D eigenvalue weighted by Gasteiger charge is 2.36. The van der Waals surface area contributed by atoms with Crippen molar-refractivity contribution in [1.29, 1.82) is 0 Å². The summed E-state index contributed by atoms with van der Waals surface area (Å²) in [6, 6.07) is 10.1. The van der Waals surface area contributed by atoms with Gasteiger partial charge in [0.15, 0.2) is 5.82 Å². The molecule has 0 spiro atoms. The van der Waals surface area contributed by atoms with Crippen LogP contribution in [0.2, 0.25) is 0 Å². The average molecular weight is 482 g/mol. The van der Waals surface area contributed by atoms with Gasteiger partial charge in [0.25, 0.3) is 0 Å². The van der Waals surface area contributed by atoms with Crippen molar-refractivity contribution in [2.75, 3.05) is 6.54 Å². The summed E-state index contributed by atoms with van der Waals surface area (Å²) in [7, 11) is 0. The van der Waals surface area contributed by atoms with Crippen LogP contribution in [0.1, 0.15) is 47.8 Å². The predicted molar refractivity (Wildman–Crippen MR) is 123 cm³/mol. The number of phenolic OH excluding ortho intramolecular Hbond substituents is 2. The molecule has 11 nitrogen and oxygen atoms in total. The average Bonchev–Trinajstić information content (AvgIpc) is 3.51. The van der Waals surface area contributed by atoms with Gasteiger partial charge in [0, 0.05) is 13.0 Å². The second-order valence-corrected chi connectivity index (χ2v) is 8.53. The van der Waals surface area contributed by atoms with E-state index in [1.165, 1.54) is 17.0 Å². The van der Waals surface area contributed by atoms with Crippen LogP contribution >= 0.6 is 0 Å². The minimum atomic E-state index is -1.16. The number of aromatic nitrogens is 2. The molecule has 6 N–H and O–H groups in total.